The fourth-order valence-corrected chi connectivity index (χ4v) is 4.03. The Labute approximate surface area is 185 Å². The highest BCUT2D eigenvalue weighted by atomic mass is 32.2. The lowest BCUT2D eigenvalue weighted by atomic mass is 10.2. The third kappa shape index (κ3) is 4.01. The SMILES string of the molecule is NS(=O)(=O)c1ccc(NCc2cn(-c3ccccc3)nc2-c2cc3ccccc3o2)cc1. The highest BCUT2D eigenvalue weighted by molar-refractivity contribution is 7.89. The zero-order valence-electron chi connectivity index (χ0n) is 17.0. The summed E-state index contributed by atoms with van der Waals surface area (Å²) in [6.45, 7) is 0.466. The monoisotopic (exact) mass is 444 g/mol. The number of nitrogens with one attached hydrogen (secondary N) is 1. The molecule has 0 saturated heterocycles. The molecule has 0 fully saturated rings. The highest BCUT2D eigenvalue weighted by Gasteiger charge is 2.16. The molecule has 0 unspecified atom stereocenters. The van der Waals surface area contributed by atoms with E-state index in [1.807, 2.05) is 71.5 Å². The van der Waals surface area contributed by atoms with Gasteiger partial charge >= 0.3 is 0 Å². The van der Waals surface area contributed by atoms with E-state index in [2.05, 4.69) is 5.32 Å². The van der Waals surface area contributed by atoms with Crippen molar-refractivity contribution in [3.05, 3.63) is 96.7 Å². The lowest BCUT2D eigenvalue weighted by Crippen LogP contribution is -2.12. The first kappa shape index (κ1) is 20.0. The summed E-state index contributed by atoms with van der Waals surface area (Å²) in [7, 11) is -3.72. The number of sulfonamides is 1. The van der Waals surface area contributed by atoms with Gasteiger partial charge in [0.1, 0.15) is 11.3 Å². The van der Waals surface area contributed by atoms with Crippen molar-refractivity contribution in [3.8, 4) is 17.1 Å². The summed E-state index contributed by atoms with van der Waals surface area (Å²) in [5, 5.41) is 14.3. The van der Waals surface area contributed by atoms with E-state index >= 15 is 0 Å². The Kier molecular flexibility index (Phi) is 5.01. The molecule has 0 radical (unpaired) electrons. The minimum absolute atomic E-state index is 0.0721. The molecule has 2 heterocycles. The first-order valence-corrected chi connectivity index (χ1v) is 11.5. The minimum atomic E-state index is -3.72. The maximum Gasteiger partial charge on any atom is 0.238 e. The Bertz CT molecular complexity index is 1450. The van der Waals surface area contributed by atoms with Crippen molar-refractivity contribution in [2.24, 2.45) is 5.14 Å². The third-order valence-electron chi connectivity index (χ3n) is 5.14. The second kappa shape index (κ2) is 7.99. The average Bonchev–Trinajstić information content (AvgIpc) is 3.42. The molecule has 0 atom stereocenters. The van der Waals surface area contributed by atoms with Crippen LogP contribution in [0.15, 0.2) is 100 Å². The first-order valence-electron chi connectivity index (χ1n) is 9.97. The van der Waals surface area contributed by atoms with Crippen LogP contribution in [-0.4, -0.2) is 18.2 Å². The second-order valence-corrected chi connectivity index (χ2v) is 8.92. The van der Waals surface area contributed by atoms with E-state index in [-0.39, 0.29) is 4.90 Å². The van der Waals surface area contributed by atoms with Crippen LogP contribution in [0.4, 0.5) is 5.69 Å². The number of furan rings is 1. The summed E-state index contributed by atoms with van der Waals surface area (Å²) in [6, 6.07) is 26.0. The molecule has 0 aliphatic rings. The summed E-state index contributed by atoms with van der Waals surface area (Å²) in [5.41, 5.74) is 4.17. The zero-order valence-corrected chi connectivity index (χ0v) is 17.8. The number of nitrogens with zero attached hydrogens (tertiary/aromatic N) is 2. The fraction of sp³-hybridized carbons (Fsp3) is 0.0417. The number of nitrogens with two attached hydrogens (primary N) is 1. The van der Waals surface area contributed by atoms with Crippen molar-refractivity contribution in [3.63, 3.8) is 0 Å². The minimum Gasteiger partial charge on any atom is -0.454 e. The predicted molar refractivity (Wildman–Crippen MR) is 124 cm³/mol. The van der Waals surface area contributed by atoms with Gasteiger partial charge in [0.05, 0.1) is 10.6 Å². The molecule has 0 aliphatic carbocycles. The summed E-state index contributed by atoms with van der Waals surface area (Å²) in [6.07, 6.45) is 1.96. The molecule has 0 saturated carbocycles. The lowest BCUT2D eigenvalue weighted by Gasteiger charge is -2.07. The summed E-state index contributed by atoms with van der Waals surface area (Å²) < 4.78 is 30.8. The average molecular weight is 445 g/mol. The largest absolute Gasteiger partial charge is 0.454 e. The van der Waals surface area contributed by atoms with E-state index in [0.29, 0.717) is 12.3 Å². The van der Waals surface area contributed by atoms with Gasteiger partial charge in [-0.25, -0.2) is 18.2 Å². The van der Waals surface area contributed by atoms with Gasteiger partial charge in [0.15, 0.2) is 5.76 Å². The van der Waals surface area contributed by atoms with Crippen molar-refractivity contribution in [2.45, 2.75) is 11.4 Å². The van der Waals surface area contributed by atoms with Crippen LogP contribution in [0.25, 0.3) is 28.1 Å². The van der Waals surface area contributed by atoms with Gasteiger partial charge in [-0.3, -0.25) is 0 Å². The molecule has 8 heteroatoms. The summed E-state index contributed by atoms with van der Waals surface area (Å²) in [5.74, 6) is 0.683. The van der Waals surface area contributed by atoms with E-state index < -0.39 is 10.0 Å². The molecule has 0 aliphatic heterocycles. The maximum atomic E-state index is 11.5. The van der Waals surface area contributed by atoms with Gasteiger partial charge in [-0.1, -0.05) is 36.4 Å². The van der Waals surface area contributed by atoms with Crippen LogP contribution in [0.5, 0.6) is 0 Å². The molecular weight excluding hydrogens is 424 g/mol. The highest BCUT2D eigenvalue weighted by Crippen LogP contribution is 2.30. The second-order valence-electron chi connectivity index (χ2n) is 7.35. The lowest BCUT2D eigenvalue weighted by molar-refractivity contribution is 0.598. The van der Waals surface area contributed by atoms with Gasteiger partial charge in [0.25, 0.3) is 0 Å². The van der Waals surface area contributed by atoms with Crippen LogP contribution < -0.4 is 10.5 Å². The summed E-state index contributed by atoms with van der Waals surface area (Å²) >= 11 is 0. The third-order valence-corrected chi connectivity index (χ3v) is 6.06. The fourth-order valence-electron chi connectivity index (χ4n) is 3.52. The van der Waals surface area contributed by atoms with Crippen LogP contribution in [-0.2, 0) is 16.6 Å². The van der Waals surface area contributed by atoms with Gasteiger partial charge < -0.3 is 9.73 Å². The molecule has 2 aromatic heterocycles. The number of hydrogen-bond donors (Lipinski definition) is 2. The smallest absolute Gasteiger partial charge is 0.238 e. The van der Waals surface area contributed by atoms with Crippen LogP contribution in [0.2, 0.25) is 0 Å². The molecule has 5 rings (SSSR count). The van der Waals surface area contributed by atoms with E-state index in [1.165, 1.54) is 12.1 Å². The van der Waals surface area contributed by atoms with Gasteiger partial charge in [-0.15, -0.1) is 0 Å². The maximum absolute atomic E-state index is 11.5. The topological polar surface area (TPSA) is 103 Å². The van der Waals surface area contributed by atoms with Crippen molar-refractivity contribution in [2.75, 3.05) is 5.32 Å². The molecule has 3 aromatic carbocycles. The molecule has 5 aromatic rings. The molecule has 0 bridgehead atoms. The number of anilines is 1. The van der Waals surface area contributed by atoms with E-state index in [0.717, 1.165) is 33.6 Å². The van der Waals surface area contributed by atoms with Crippen LogP contribution in [0.1, 0.15) is 5.56 Å². The Morgan fingerprint density at radius 2 is 1.66 bits per heavy atom. The van der Waals surface area contributed by atoms with Crippen LogP contribution in [0.3, 0.4) is 0 Å². The zero-order chi connectivity index (χ0) is 22.1. The Morgan fingerprint density at radius 1 is 0.938 bits per heavy atom. The molecular formula is C24H20N4O3S. The standard InChI is InChI=1S/C24H20N4O3S/c25-32(29,30)21-12-10-19(11-13-21)26-15-18-16-28(20-7-2-1-3-8-20)27-24(18)23-14-17-6-4-5-9-22(17)31-23/h1-14,16,26H,15H2,(H2,25,29,30). The number of fused-ring (bicyclic) bond motifs is 1. The number of para-hydroxylation sites is 2. The van der Waals surface area contributed by atoms with E-state index in [4.69, 9.17) is 14.7 Å². The van der Waals surface area contributed by atoms with Crippen LogP contribution in [0, 0.1) is 0 Å². The van der Waals surface area contributed by atoms with Gasteiger partial charge in [-0.2, -0.15) is 5.10 Å². The molecule has 3 N–H and O–H groups in total. The molecule has 160 valence electrons. The van der Waals surface area contributed by atoms with Gasteiger partial charge in [0, 0.05) is 29.4 Å². The summed E-state index contributed by atoms with van der Waals surface area (Å²) in [4.78, 5) is 0.0721. The van der Waals surface area contributed by atoms with Crippen molar-refractivity contribution in [1.29, 1.82) is 0 Å². The van der Waals surface area contributed by atoms with Gasteiger partial charge in [-0.05, 0) is 48.5 Å². The Hall–Kier alpha value is -3.88. The van der Waals surface area contributed by atoms with E-state index in [9.17, 15) is 8.42 Å². The molecule has 0 amide bonds. The first-order chi connectivity index (χ1) is 15.5. The van der Waals surface area contributed by atoms with Crippen molar-refractivity contribution in [1.82, 2.24) is 9.78 Å². The molecule has 0 spiro atoms. The molecule has 7 nitrogen and oxygen atoms in total. The Balaban J connectivity index is 1.49. The van der Waals surface area contributed by atoms with Crippen LogP contribution >= 0.6 is 0 Å². The van der Waals surface area contributed by atoms with Crippen molar-refractivity contribution < 1.29 is 12.8 Å². The Morgan fingerprint density at radius 3 is 2.38 bits per heavy atom. The normalized spacial score (nSPS) is 11.7. The number of primary sulfonamides is 1. The van der Waals surface area contributed by atoms with Gasteiger partial charge in [0.2, 0.25) is 10.0 Å². The van der Waals surface area contributed by atoms with E-state index in [1.54, 1.807) is 12.1 Å². The number of rotatable bonds is 6. The number of hydrogen-bond acceptors (Lipinski definition) is 5. The quantitative estimate of drug-likeness (QED) is 0.400. The van der Waals surface area contributed by atoms with Crippen molar-refractivity contribution >= 4 is 26.7 Å². The molecule has 32 heavy (non-hydrogen) atoms. The predicted octanol–water partition coefficient (Wildman–Crippen LogP) is 4.55. The number of aromatic nitrogens is 2. The number of benzene rings is 3.